The summed E-state index contributed by atoms with van der Waals surface area (Å²) in [4.78, 5) is 22.0. The van der Waals surface area contributed by atoms with Crippen LogP contribution in [0.1, 0.15) is 28.4 Å². The SMILES string of the molecule is CCOC(=O)c1cc(C#N)cc(CBr)c1[N+](=O)[O-]. The molecule has 0 aromatic heterocycles. The highest BCUT2D eigenvalue weighted by Crippen LogP contribution is 2.28. The standard InChI is InChI=1S/C11H9BrN2O4/c1-2-18-11(15)9-4-7(6-13)3-8(5-12)10(9)14(16)17/h3-4H,2,5H2,1H3. The van der Waals surface area contributed by atoms with E-state index in [0.29, 0.717) is 0 Å². The summed E-state index contributed by atoms with van der Waals surface area (Å²) in [7, 11) is 0. The fraction of sp³-hybridized carbons (Fsp3) is 0.273. The van der Waals surface area contributed by atoms with Gasteiger partial charge in [0.05, 0.1) is 23.2 Å². The minimum absolute atomic E-state index is 0.108. The molecule has 0 atom stereocenters. The molecule has 18 heavy (non-hydrogen) atoms. The number of hydrogen-bond donors (Lipinski definition) is 0. The van der Waals surface area contributed by atoms with Crippen molar-refractivity contribution in [1.82, 2.24) is 0 Å². The molecule has 94 valence electrons. The van der Waals surface area contributed by atoms with Crippen LogP contribution < -0.4 is 0 Å². The summed E-state index contributed by atoms with van der Waals surface area (Å²) in [5, 5.41) is 20.0. The number of nitrogens with zero attached hydrogens (tertiary/aromatic N) is 2. The molecule has 0 aliphatic rings. The third-order valence-electron chi connectivity index (χ3n) is 2.14. The Morgan fingerprint density at radius 1 is 1.61 bits per heavy atom. The van der Waals surface area contributed by atoms with Gasteiger partial charge in [-0.1, -0.05) is 15.9 Å². The van der Waals surface area contributed by atoms with Crippen molar-refractivity contribution >= 4 is 27.6 Å². The molecule has 0 heterocycles. The molecule has 0 radical (unpaired) electrons. The van der Waals surface area contributed by atoms with Crippen LogP contribution in [-0.2, 0) is 10.1 Å². The van der Waals surface area contributed by atoms with E-state index in [2.05, 4.69) is 15.9 Å². The lowest BCUT2D eigenvalue weighted by Gasteiger charge is -2.06. The maximum Gasteiger partial charge on any atom is 0.345 e. The summed E-state index contributed by atoms with van der Waals surface area (Å²) in [6, 6.07) is 4.39. The number of ether oxygens (including phenoxy) is 1. The zero-order valence-corrected chi connectivity index (χ0v) is 11.1. The van der Waals surface area contributed by atoms with Gasteiger partial charge in [0, 0.05) is 10.9 Å². The van der Waals surface area contributed by atoms with Crippen LogP contribution >= 0.6 is 15.9 Å². The van der Waals surface area contributed by atoms with Crippen LogP contribution in [0.5, 0.6) is 0 Å². The molecule has 0 saturated carbocycles. The van der Waals surface area contributed by atoms with Gasteiger partial charge in [-0.15, -0.1) is 0 Å². The predicted octanol–water partition coefficient (Wildman–Crippen LogP) is 2.54. The van der Waals surface area contributed by atoms with E-state index in [-0.39, 0.29) is 34.3 Å². The van der Waals surface area contributed by atoms with Crippen LogP contribution in [0.4, 0.5) is 5.69 Å². The lowest BCUT2D eigenvalue weighted by atomic mass is 10.0. The van der Waals surface area contributed by atoms with Crippen molar-refractivity contribution < 1.29 is 14.5 Å². The molecule has 0 unspecified atom stereocenters. The van der Waals surface area contributed by atoms with Crippen LogP contribution in [0.2, 0.25) is 0 Å². The van der Waals surface area contributed by atoms with Crippen LogP contribution in [-0.4, -0.2) is 17.5 Å². The Morgan fingerprint density at radius 3 is 2.72 bits per heavy atom. The Morgan fingerprint density at radius 2 is 2.28 bits per heavy atom. The first-order chi connectivity index (χ1) is 8.54. The number of esters is 1. The number of nitriles is 1. The van der Waals surface area contributed by atoms with E-state index in [9.17, 15) is 14.9 Å². The summed E-state index contributed by atoms with van der Waals surface area (Å²) in [5.74, 6) is -0.802. The van der Waals surface area contributed by atoms with E-state index >= 15 is 0 Å². The highest BCUT2D eigenvalue weighted by molar-refractivity contribution is 9.08. The number of carbonyl (C=O) groups is 1. The third-order valence-corrected chi connectivity index (χ3v) is 2.74. The second kappa shape index (κ2) is 6.12. The number of alkyl halides is 1. The number of nitro groups is 1. The Kier molecular flexibility index (Phi) is 4.80. The lowest BCUT2D eigenvalue weighted by molar-refractivity contribution is -0.385. The predicted molar refractivity (Wildman–Crippen MR) is 66.4 cm³/mol. The number of nitro benzene ring substituents is 1. The summed E-state index contributed by atoms with van der Waals surface area (Å²) >= 11 is 3.10. The first-order valence-electron chi connectivity index (χ1n) is 4.99. The van der Waals surface area contributed by atoms with Gasteiger partial charge in [-0.2, -0.15) is 5.26 Å². The smallest absolute Gasteiger partial charge is 0.345 e. The molecule has 0 spiro atoms. The number of halogens is 1. The van der Waals surface area contributed by atoms with Crippen molar-refractivity contribution in [1.29, 1.82) is 5.26 Å². The van der Waals surface area contributed by atoms with E-state index in [1.54, 1.807) is 6.92 Å². The highest BCUT2D eigenvalue weighted by Gasteiger charge is 2.26. The molecule has 1 rings (SSSR count). The lowest BCUT2D eigenvalue weighted by Crippen LogP contribution is -2.10. The summed E-state index contributed by atoms with van der Waals surface area (Å²) in [5.41, 5.74) is -0.0834. The third kappa shape index (κ3) is 2.84. The largest absolute Gasteiger partial charge is 0.462 e. The van der Waals surface area contributed by atoms with Crippen molar-refractivity contribution in [3.63, 3.8) is 0 Å². The van der Waals surface area contributed by atoms with Gasteiger partial charge in [0.15, 0.2) is 0 Å². The Labute approximate surface area is 111 Å². The molecule has 0 aliphatic carbocycles. The molecule has 0 aliphatic heterocycles. The fourth-order valence-corrected chi connectivity index (χ4v) is 1.87. The van der Waals surface area contributed by atoms with Crippen LogP contribution in [0.15, 0.2) is 12.1 Å². The van der Waals surface area contributed by atoms with Gasteiger partial charge in [-0.05, 0) is 19.1 Å². The van der Waals surface area contributed by atoms with Gasteiger partial charge < -0.3 is 4.74 Å². The van der Waals surface area contributed by atoms with Crippen molar-refractivity contribution in [3.05, 3.63) is 38.9 Å². The average Bonchev–Trinajstić information content (AvgIpc) is 2.36. The zero-order valence-electron chi connectivity index (χ0n) is 9.47. The highest BCUT2D eigenvalue weighted by atomic mass is 79.9. The number of rotatable bonds is 4. The van der Waals surface area contributed by atoms with E-state index in [4.69, 9.17) is 10.00 Å². The van der Waals surface area contributed by atoms with Gasteiger partial charge in [0.2, 0.25) is 0 Å². The van der Waals surface area contributed by atoms with Crippen LogP contribution in [0.25, 0.3) is 0 Å². The van der Waals surface area contributed by atoms with Crippen LogP contribution in [0.3, 0.4) is 0 Å². The topological polar surface area (TPSA) is 93.2 Å². The molecule has 1 aromatic rings. The molecule has 1 aromatic carbocycles. The molecule has 7 heteroatoms. The van der Waals surface area contributed by atoms with Gasteiger partial charge in [-0.25, -0.2) is 4.79 Å². The summed E-state index contributed by atoms with van der Waals surface area (Å²) < 4.78 is 4.75. The quantitative estimate of drug-likeness (QED) is 0.368. The number of hydrogen-bond acceptors (Lipinski definition) is 5. The monoisotopic (exact) mass is 312 g/mol. The molecular formula is C11H9BrN2O4. The first-order valence-corrected chi connectivity index (χ1v) is 6.11. The maximum absolute atomic E-state index is 11.7. The molecule has 0 bridgehead atoms. The first kappa shape index (κ1) is 14.1. The summed E-state index contributed by atoms with van der Waals surface area (Å²) in [6.45, 7) is 1.71. The van der Waals surface area contributed by atoms with E-state index in [1.807, 2.05) is 6.07 Å². The molecule has 0 amide bonds. The minimum Gasteiger partial charge on any atom is -0.462 e. The second-order valence-corrected chi connectivity index (χ2v) is 3.82. The van der Waals surface area contributed by atoms with Crippen molar-refractivity contribution in [2.24, 2.45) is 0 Å². The van der Waals surface area contributed by atoms with Gasteiger partial charge >= 0.3 is 5.97 Å². The van der Waals surface area contributed by atoms with Crippen molar-refractivity contribution in [2.45, 2.75) is 12.3 Å². The van der Waals surface area contributed by atoms with Gasteiger partial charge in [0.25, 0.3) is 5.69 Å². The minimum atomic E-state index is -0.802. The zero-order chi connectivity index (χ0) is 13.7. The molecule has 0 fully saturated rings. The van der Waals surface area contributed by atoms with Crippen molar-refractivity contribution in [3.8, 4) is 6.07 Å². The maximum atomic E-state index is 11.7. The number of carbonyl (C=O) groups excluding carboxylic acids is 1. The van der Waals surface area contributed by atoms with E-state index < -0.39 is 10.9 Å². The number of benzene rings is 1. The normalized spacial score (nSPS) is 9.61. The van der Waals surface area contributed by atoms with Crippen molar-refractivity contribution in [2.75, 3.05) is 6.61 Å². The summed E-state index contributed by atoms with van der Waals surface area (Å²) in [6.07, 6.45) is 0. The van der Waals surface area contributed by atoms with E-state index in [1.165, 1.54) is 12.1 Å². The molecule has 6 nitrogen and oxygen atoms in total. The second-order valence-electron chi connectivity index (χ2n) is 3.25. The van der Waals surface area contributed by atoms with E-state index in [0.717, 1.165) is 0 Å². The van der Waals surface area contributed by atoms with Gasteiger partial charge in [0.1, 0.15) is 5.56 Å². The molecule has 0 saturated heterocycles. The fourth-order valence-electron chi connectivity index (χ4n) is 1.44. The van der Waals surface area contributed by atoms with Gasteiger partial charge in [-0.3, -0.25) is 10.1 Å². The molecular weight excluding hydrogens is 304 g/mol. The molecule has 0 N–H and O–H groups in total. The van der Waals surface area contributed by atoms with Crippen LogP contribution in [0, 0.1) is 21.4 Å². The Hall–Kier alpha value is -1.94. The Balaban J connectivity index is 3.50. The Bertz CT molecular complexity index is 537. The average molecular weight is 313 g/mol.